The molecule has 4 saturated heterocycles. The quantitative estimate of drug-likeness (QED) is 0.161. The first-order valence-electron chi connectivity index (χ1n) is 24.1. The van der Waals surface area contributed by atoms with Gasteiger partial charge in [-0.05, 0) is 77.3 Å². The highest BCUT2D eigenvalue weighted by Crippen LogP contribution is 2.58. The fourth-order valence-corrected chi connectivity index (χ4v) is 11.6. The number of phenolic OH excluding ortho intramolecular Hbond substituents is 2. The molecule has 1 aromatic heterocycles. The Balaban J connectivity index is 1.04. The molecule has 5 heterocycles. The normalized spacial score (nSPS) is 40.8. The fourth-order valence-electron chi connectivity index (χ4n) is 11.6. The number of aliphatic hydroxyl groups is 6. The lowest BCUT2D eigenvalue weighted by molar-refractivity contribution is -0.306. The van der Waals surface area contributed by atoms with Gasteiger partial charge in [0.15, 0.2) is 36.0 Å². The number of rotatable bonds is 8. The van der Waals surface area contributed by atoms with Crippen molar-refractivity contribution < 1.29 is 88.0 Å². The summed E-state index contributed by atoms with van der Waals surface area (Å²) < 4.78 is 49.8. The third-order valence-corrected chi connectivity index (χ3v) is 15.3. The minimum atomic E-state index is -2.52. The minimum Gasteiger partial charge on any atom is -0.508 e. The predicted octanol–water partition coefficient (Wildman–Crippen LogP) is 3.24. The second-order valence-electron chi connectivity index (χ2n) is 20.4. The topological polar surface area (TPSA) is 291 Å². The van der Waals surface area contributed by atoms with Crippen molar-refractivity contribution >= 4 is 27.9 Å². The first-order valence-corrected chi connectivity index (χ1v) is 24.1. The van der Waals surface area contributed by atoms with Crippen LogP contribution in [0.2, 0.25) is 0 Å². The van der Waals surface area contributed by atoms with Crippen LogP contribution in [0, 0.1) is 0 Å². The summed E-state index contributed by atoms with van der Waals surface area (Å²) in [7, 11) is 0. The SMILES string of the molecule is CC1OC(OC23C(=O)CC(C)(O)CC2(O)C=CC2=C3c3oc(=O)c(-c4ccc(O)cc4)c4cc(C5CC(OC6CCC(OC7CC(O)C(O)C(C)O7)C(C)O6)C(O)C(C)O5)c(O)c(c34)C2=O)CCC1O. The van der Waals surface area contributed by atoms with Crippen molar-refractivity contribution in [3.63, 3.8) is 0 Å². The van der Waals surface area contributed by atoms with Crippen molar-refractivity contribution in [2.45, 2.75) is 189 Å². The van der Waals surface area contributed by atoms with Crippen molar-refractivity contribution in [1.29, 1.82) is 0 Å². The Bertz CT molecular complexity index is 2680. The zero-order valence-electron chi connectivity index (χ0n) is 39.3. The van der Waals surface area contributed by atoms with Gasteiger partial charge in [0.2, 0.25) is 0 Å². The number of hydrogen-bond donors (Lipinski definition) is 8. The molecule has 4 aliphatic heterocycles. The Labute approximate surface area is 401 Å². The van der Waals surface area contributed by atoms with Gasteiger partial charge in [-0.15, -0.1) is 0 Å². The molecule has 378 valence electrons. The maximum absolute atomic E-state index is 15.3. The average molecular weight is 977 g/mol. The van der Waals surface area contributed by atoms with Crippen LogP contribution in [0.4, 0.5) is 0 Å². The summed E-state index contributed by atoms with van der Waals surface area (Å²) in [5, 5.41) is 89.2. The smallest absolute Gasteiger partial charge is 0.344 e. The number of phenols is 2. The zero-order valence-corrected chi connectivity index (χ0v) is 39.3. The van der Waals surface area contributed by atoms with Gasteiger partial charge in [0, 0.05) is 66.0 Å². The molecule has 19 nitrogen and oxygen atoms in total. The summed E-state index contributed by atoms with van der Waals surface area (Å²) in [5.41, 5.74) is -8.19. The van der Waals surface area contributed by atoms with E-state index in [1.807, 2.05) is 0 Å². The molecule has 2 aromatic carbocycles. The Kier molecular flexibility index (Phi) is 12.6. The highest BCUT2D eigenvalue weighted by atomic mass is 16.7. The van der Waals surface area contributed by atoms with Crippen LogP contribution in [0.3, 0.4) is 0 Å². The highest BCUT2D eigenvalue weighted by molar-refractivity contribution is 6.31. The molecular formula is C51H60O19. The zero-order chi connectivity index (χ0) is 49.9. The Hall–Kier alpha value is -4.45. The summed E-state index contributed by atoms with van der Waals surface area (Å²) in [6.45, 7) is 8.08. The molecular weight excluding hydrogens is 917 g/mol. The summed E-state index contributed by atoms with van der Waals surface area (Å²) in [4.78, 5) is 44.9. The third kappa shape index (κ3) is 8.16. The molecule has 7 aliphatic rings. The minimum absolute atomic E-state index is 0.0550. The average Bonchev–Trinajstić information content (AvgIpc) is 3.28. The van der Waals surface area contributed by atoms with Gasteiger partial charge in [0.1, 0.15) is 35.1 Å². The lowest BCUT2D eigenvalue weighted by Crippen LogP contribution is -2.70. The van der Waals surface area contributed by atoms with Gasteiger partial charge in [-0.3, -0.25) is 9.59 Å². The van der Waals surface area contributed by atoms with E-state index in [9.17, 15) is 50.4 Å². The number of benzene rings is 2. The first-order chi connectivity index (χ1) is 33.1. The van der Waals surface area contributed by atoms with E-state index in [0.29, 0.717) is 12.8 Å². The van der Waals surface area contributed by atoms with Crippen LogP contribution < -0.4 is 5.63 Å². The lowest BCUT2D eigenvalue weighted by atomic mass is 9.57. The number of carbonyl (C=O) groups is 2. The van der Waals surface area contributed by atoms with Crippen LogP contribution in [-0.4, -0.2) is 149 Å². The maximum atomic E-state index is 15.3. The molecule has 0 spiro atoms. The number of aliphatic hydroxyl groups excluding tert-OH is 4. The van der Waals surface area contributed by atoms with Crippen LogP contribution in [0.1, 0.15) is 114 Å². The summed E-state index contributed by atoms with van der Waals surface area (Å²) in [6.07, 6.45) is -9.54. The monoisotopic (exact) mass is 976 g/mol. The van der Waals surface area contributed by atoms with Crippen molar-refractivity contribution in [2.24, 2.45) is 0 Å². The molecule has 19 heteroatoms. The standard InChI is InChI=1S/C51H60O19/c1-21-30(53)10-12-37(64-21)70-51-35(55)19-49(5,61)20-50(51,62)15-14-27-42(51)47-40-29(39(48(60)69-47)25-6-8-26(52)9-7-25)16-28(46(59)41(40)45(27)58)33-18-34(44(57)24(4)63-33)68-36-13-11-32(22(2)65-36)67-38-17-31(54)43(56)23(3)66-38/h6-9,14-16,21-24,30-34,36-38,43-44,52-54,56-57,59,61-62H,10-13,17-20H2,1-5H3. The largest absolute Gasteiger partial charge is 0.508 e. The molecule has 3 aromatic rings. The summed E-state index contributed by atoms with van der Waals surface area (Å²) in [6, 6.07) is 7.13. The van der Waals surface area contributed by atoms with Crippen molar-refractivity contribution in [2.75, 3.05) is 0 Å². The molecule has 17 unspecified atom stereocenters. The highest BCUT2D eigenvalue weighted by Gasteiger charge is 2.68. The lowest BCUT2D eigenvalue weighted by Gasteiger charge is -2.55. The molecule has 70 heavy (non-hydrogen) atoms. The molecule has 3 aliphatic carbocycles. The number of hydrogen-bond acceptors (Lipinski definition) is 19. The number of ketones is 2. The second kappa shape index (κ2) is 17.9. The Morgan fingerprint density at radius 1 is 0.714 bits per heavy atom. The van der Waals surface area contributed by atoms with Gasteiger partial charge in [-0.25, -0.2) is 4.79 Å². The number of carbonyl (C=O) groups excluding carboxylic acids is 2. The molecule has 1 saturated carbocycles. The van der Waals surface area contributed by atoms with Gasteiger partial charge in [-0.1, -0.05) is 18.2 Å². The van der Waals surface area contributed by atoms with E-state index < -0.39 is 139 Å². The molecule has 0 radical (unpaired) electrons. The van der Waals surface area contributed by atoms with Crippen LogP contribution in [0.15, 0.2) is 57.3 Å². The number of Topliss-reactive ketones (excluding diaryl/α,β-unsaturated/α-hetero) is 2. The van der Waals surface area contributed by atoms with Crippen LogP contribution in [0.25, 0.3) is 27.5 Å². The third-order valence-electron chi connectivity index (χ3n) is 15.3. The van der Waals surface area contributed by atoms with Crippen LogP contribution in [0.5, 0.6) is 11.5 Å². The van der Waals surface area contributed by atoms with Gasteiger partial charge in [0.25, 0.3) is 0 Å². The van der Waals surface area contributed by atoms with Crippen LogP contribution in [-0.2, 0) is 38.0 Å². The van der Waals surface area contributed by atoms with E-state index >= 15 is 4.79 Å². The van der Waals surface area contributed by atoms with E-state index in [-0.39, 0.29) is 81.4 Å². The summed E-state index contributed by atoms with van der Waals surface area (Å²) >= 11 is 0. The van der Waals surface area contributed by atoms with Crippen molar-refractivity contribution in [3.8, 4) is 22.6 Å². The first kappa shape index (κ1) is 49.1. The predicted molar refractivity (Wildman–Crippen MR) is 243 cm³/mol. The molecule has 0 amide bonds. The van der Waals surface area contributed by atoms with Crippen LogP contribution >= 0.6 is 0 Å². The number of ether oxygens (including phenoxy) is 7. The van der Waals surface area contributed by atoms with E-state index in [2.05, 4.69) is 0 Å². The fraction of sp³-hybridized carbons (Fsp3) is 0.588. The number of aromatic hydroxyl groups is 2. The van der Waals surface area contributed by atoms with Crippen molar-refractivity contribution in [3.05, 3.63) is 75.4 Å². The van der Waals surface area contributed by atoms with E-state index in [0.717, 1.165) is 0 Å². The molecule has 0 bridgehead atoms. The van der Waals surface area contributed by atoms with Gasteiger partial charge in [-0.2, -0.15) is 0 Å². The van der Waals surface area contributed by atoms with E-state index in [1.165, 1.54) is 49.4 Å². The van der Waals surface area contributed by atoms with Gasteiger partial charge in [0.05, 0.1) is 71.7 Å². The Morgan fingerprint density at radius 2 is 1.39 bits per heavy atom. The number of fused-ring (bicyclic) bond motifs is 3. The molecule has 5 fully saturated rings. The molecule has 17 atom stereocenters. The van der Waals surface area contributed by atoms with Gasteiger partial charge >= 0.3 is 5.63 Å². The van der Waals surface area contributed by atoms with E-state index in [4.69, 9.17) is 37.6 Å². The number of allylic oxidation sites excluding steroid dienone is 2. The summed E-state index contributed by atoms with van der Waals surface area (Å²) in [5.74, 6) is -2.68. The second-order valence-corrected chi connectivity index (χ2v) is 20.4. The van der Waals surface area contributed by atoms with Crippen molar-refractivity contribution in [1.82, 2.24) is 0 Å². The molecule has 10 rings (SSSR count). The Morgan fingerprint density at radius 3 is 2.09 bits per heavy atom. The van der Waals surface area contributed by atoms with E-state index in [1.54, 1.807) is 27.7 Å². The molecule has 8 N–H and O–H groups in total. The van der Waals surface area contributed by atoms with Gasteiger partial charge < -0.3 is 78.4 Å². The maximum Gasteiger partial charge on any atom is 0.344 e.